The molecule has 4 rings (SSSR count). The summed E-state index contributed by atoms with van der Waals surface area (Å²) in [5.74, 6) is 0.496. The van der Waals surface area contributed by atoms with Crippen molar-refractivity contribution in [3.05, 3.63) is 60.0 Å². The molecular weight excluding hydrogens is 344 g/mol. The van der Waals surface area contributed by atoms with Crippen molar-refractivity contribution < 1.29 is 18.7 Å². The van der Waals surface area contributed by atoms with Crippen LogP contribution in [-0.4, -0.2) is 49.2 Å². The molecule has 27 heavy (non-hydrogen) atoms. The van der Waals surface area contributed by atoms with Crippen LogP contribution in [0.25, 0.3) is 11.0 Å². The highest BCUT2D eigenvalue weighted by Crippen LogP contribution is 2.22. The summed E-state index contributed by atoms with van der Waals surface area (Å²) in [4.78, 5) is 19.0. The monoisotopic (exact) mass is 366 g/mol. The third-order valence-electron chi connectivity index (χ3n) is 4.86. The number of hydrogen-bond acceptors (Lipinski definition) is 5. The van der Waals surface area contributed by atoms with Crippen molar-refractivity contribution in [1.82, 2.24) is 9.88 Å². The van der Waals surface area contributed by atoms with E-state index >= 15 is 0 Å². The molecule has 3 heterocycles. The lowest BCUT2D eigenvalue weighted by atomic mass is 9.98. The van der Waals surface area contributed by atoms with E-state index in [9.17, 15) is 4.79 Å². The van der Waals surface area contributed by atoms with Gasteiger partial charge in [0.1, 0.15) is 11.1 Å². The van der Waals surface area contributed by atoms with Crippen molar-refractivity contribution in [3.8, 4) is 5.88 Å². The van der Waals surface area contributed by atoms with Gasteiger partial charge in [-0.1, -0.05) is 12.1 Å². The first kappa shape index (κ1) is 17.5. The molecule has 1 aromatic carbocycles. The van der Waals surface area contributed by atoms with E-state index in [0.717, 1.165) is 17.4 Å². The molecule has 0 radical (unpaired) electrons. The minimum absolute atomic E-state index is 0.0723. The number of amides is 1. The van der Waals surface area contributed by atoms with Gasteiger partial charge in [-0.05, 0) is 36.2 Å². The summed E-state index contributed by atoms with van der Waals surface area (Å²) in [6.07, 6.45) is 4.14. The van der Waals surface area contributed by atoms with Crippen molar-refractivity contribution >= 4 is 16.9 Å². The number of pyridine rings is 1. The highest BCUT2D eigenvalue weighted by molar-refractivity contribution is 5.96. The molecule has 0 spiro atoms. The number of hydrogen-bond donors (Lipinski definition) is 0. The molecule has 3 aromatic rings. The number of furan rings is 1. The summed E-state index contributed by atoms with van der Waals surface area (Å²) in [7, 11) is 1.53. The molecule has 1 saturated heterocycles. The third kappa shape index (κ3) is 3.80. The fourth-order valence-electron chi connectivity index (χ4n) is 3.53. The van der Waals surface area contributed by atoms with Gasteiger partial charge in [-0.25, -0.2) is 4.98 Å². The SMILES string of the molecule is COc1ncccc1C(=O)N1CCOCC(Cc2ccc3ccoc3c2)C1. The molecular formula is C21H22N2O4. The van der Waals surface area contributed by atoms with Gasteiger partial charge in [-0.2, -0.15) is 0 Å². The van der Waals surface area contributed by atoms with Crippen LogP contribution in [0, 0.1) is 5.92 Å². The maximum absolute atomic E-state index is 13.0. The van der Waals surface area contributed by atoms with Crippen LogP contribution in [0.1, 0.15) is 15.9 Å². The molecule has 0 saturated carbocycles. The molecule has 1 atom stereocenters. The average Bonchev–Trinajstić information content (AvgIpc) is 3.05. The number of carbonyl (C=O) groups is 1. The van der Waals surface area contributed by atoms with Gasteiger partial charge < -0.3 is 18.8 Å². The van der Waals surface area contributed by atoms with Gasteiger partial charge in [0, 0.05) is 30.6 Å². The van der Waals surface area contributed by atoms with Crippen LogP contribution in [0.2, 0.25) is 0 Å². The summed E-state index contributed by atoms with van der Waals surface area (Å²) in [6, 6.07) is 11.7. The van der Waals surface area contributed by atoms with Crippen LogP contribution < -0.4 is 4.74 Å². The molecule has 1 unspecified atom stereocenters. The molecule has 140 valence electrons. The second kappa shape index (κ2) is 7.80. The molecule has 6 nitrogen and oxygen atoms in total. The zero-order chi connectivity index (χ0) is 18.6. The molecule has 1 aliphatic heterocycles. The Morgan fingerprint density at radius 2 is 2.26 bits per heavy atom. The standard InChI is InChI=1S/C21H22N2O4/c1-25-20-18(3-2-7-22-20)21(24)23-8-10-26-14-16(13-23)11-15-4-5-17-6-9-27-19(17)12-15/h2-7,9,12,16H,8,10-11,13-14H2,1H3. The Kier molecular flexibility index (Phi) is 5.07. The van der Waals surface area contributed by atoms with Gasteiger partial charge >= 0.3 is 0 Å². The number of nitrogens with zero attached hydrogens (tertiary/aromatic N) is 2. The lowest BCUT2D eigenvalue weighted by Gasteiger charge is -2.24. The molecule has 6 heteroatoms. The first-order valence-corrected chi connectivity index (χ1v) is 9.07. The van der Waals surface area contributed by atoms with Gasteiger partial charge in [0.15, 0.2) is 0 Å². The molecule has 2 aromatic heterocycles. The first-order chi connectivity index (χ1) is 13.2. The smallest absolute Gasteiger partial charge is 0.259 e. The Balaban J connectivity index is 1.50. The van der Waals surface area contributed by atoms with Crippen LogP contribution in [0.3, 0.4) is 0 Å². The predicted octanol–water partition coefficient (Wildman–Crippen LogP) is 3.17. The molecule has 0 aliphatic carbocycles. The summed E-state index contributed by atoms with van der Waals surface area (Å²) in [5, 5.41) is 1.09. The van der Waals surface area contributed by atoms with Crippen LogP contribution in [0.4, 0.5) is 0 Å². The van der Waals surface area contributed by atoms with Crippen molar-refractivity contribution in [1.29, 1.82) is 0 Å². The zero-order valence-electron chi connectivity index (χ0n) is 15.3. The van der Waals surface area contributed by atoms with E-state index in [4.69, 9.17) is 13.9 Å². The molecule has 1 amide bonds. The maximum atomic E-state index is 13.0. The van der Waals surface area contributed by atoms with E-state index < -0.39 is 0 Å². The second-order valence-electron chi connectivity index (χ2n) is 6.75. The van der Waals surface area contributed by atoms with Crippen molar-refractivity contribution in [2.45, 2.75) is 6.42 Å². The zero-order valence-corrected chi connectivity index (χ0v) is 15.3. The summed E-state index contributed by atoms with van der Waals surface area (Å²) < 4.78 is 16.5. The number of benzene rings is 1. The van der Waals surface area contributed by atoms with E-state index in [0.29, 0.717) is 37.7 Å². The van der Waals surface area contributed by atoms with Crippen LogP contribution >= 0.6 is 0 Å². The van der Waals surface area contributed by atoms with Gasteiger partial charge in [0.2, 0.25) is 5.88 Å². The van der Waals surface area contributed by atoms with Crippen LogP contribution in [-0.2, 0) is 11.2 Å². The van der Waals surface area contributed by atoms with E-state index in [1.165, 1.54) is 12.7 Å². The van der Waals surface area contributed by atoms with Crippen LogP contribution in [0.5, 0.6) is 5.88 Å². The van der Waals surface area contributed by atoms with Crippen LogP contribution in [0.15, 0.2) is 53.3 Å². The summed E-state index contributed by atoms with van der Waals surface area (Å²) in [5.41, 5.74) is 2.55. The fraction of sp³-hybridized carbons (Fsp3) is 0.333. The highest BCUT2D eigenvalue weighted by Gasteiger charge is 2.26. The Hall–Kier alpha value is -2.86. The largest absolute Gasteiger partial charge is 0.480 e. The number of rotatable bonds is 4. The van der Waals surface area contributed by atoms with Gasteiger partial charge in [0.25, 0.3) is 5.91 Å². The molecule has 1 aliphatic rings. The Bertz CT molecular complexity index is 937. The lowest BCUT2D eigenvalue weighted by molar-refractivity contribution is 0.0733. The number of ether oxygens (including phenoxy) is 2. The van der Waals surface area contributed by atoms with E-state index in [1.54, 1.807) is 24.6 Å². The fourth-order valence-corrected chi connectivity index (χ4v) is 3.53. The Morgan fingerprint density at radius 1 is 1.33 bits per heavy atom. The average molecular weight is 366 g/mol. The Labute approximate surface area is 157 Å². The predicted molar refractivity (Wildman–Crippen MR) is 101 cm³/mol. The quantitative estimate of drug-likeness (QED) is 0.710. The number of fused-ring (bicyclic) bond motifs is 1. The topological polar surface area (TPSA) is 64.8 Å². The maximum Gasteiger partial charge on any atom is 0.259 e. The molecule has 1 fully saturated rings. The van der Waals surface area contributed by atoms with E-state index in [2.05, 4.69) is 23.2 Å². The van der Waals surface area contributed by atoms with Gasteiger partial charge in [-0.3, -0.25) is 4.79 Å². The Morgan fingerprint density at radius 3 is 3.15 bits per heavy atom. The highest BCUT2D eigenvalue weighted by atomic mass is 16.5. The second-order valence-corrected chi connectivity index (χ2v) is 6.75. The first-order valence-electron chi connectivity index (χ1n) is 9.07. The van der Waals surface area contributed by atoms with Gasteiger partial charge in [0.05, 0.1) is 26.6 Å². The molecule has 0 N–H and O–H groups in total. The normalized spacial score (nSPS) is 17.7. The van der Waals surface area contributed by atoms with Gasteiger partial charge in [-0.15, -0.1) is 0 Å². The third-order valence-corrected chi connectivity index (χ3v) is 4.86. The lowest BCUT2D eigenvalue weighted by Crippen LogP contribution is -2.36. The number of carbonyl (C=O) groups excluding carboxylic acids is 1. The minimum atomic E-state index is -0.0723. The number of methoxy groups -OCH3 is 1. The van der Waals surface area contributed by atoms with E-state index in [-0.39, 0.29) is 11.8 Å². The van der Waals surface area contributed by atoms with E-state index in [1.807, 2.05) is 11.0 Å². The van der Waals surface area contributed by atoms with Crippen molar-refractivity contribution in [2.75, 3.05) is 33.4 Å². The minimum Gasteiger partial charge on any atom is -0.480 e. The summed E-state index contributed by atoms with van der Waals surface area (Å²) >= 11 is 0. The van der Waals surface area contributed by atoms with Crippen molar-refractivity contribution in [2.24, 2.45) is 5.92 Å². The number of aromatic nitrogens is 1. The molecule has 0 bridgehead atoms. The summed E-state index contributed by atoms with van der Waals surface area (Å²) in [6.45, 7) is 2.35. The van der Waals surface area contributed by atoms with Crippen molar-refractivity contribution in [3.63, 3.8) is 0 Å².